The predicted octanol–water partition coefficient (Wildman–Crippen LogP) is 4.98. The standard InChI is InChI=1S/C28H28ClFN2O4/c1-35-28(34)23-4-2-20(3-5-23)19-36-26(21-6-10-24(29)11-7-21)18-31-14-16-32(17-15-31)27(33)22-8-12-25(30)13-9-22/h2-13,26H,14-19H2,1H3/t26-/m1/s1. The molecule has 0 aromatic heterocycles. The van der Waals surface area contributed by atoms with Crippen LogP contribution in [0.2, 0.25) is 5.02 Å². The summed E-state index contributed by atoms with van der Waals surface area (Å²) in [5.41, 5.74) is 2.93. The van der Waals surface area contributed by atoms with Gasteiger partial charge in [0.15, 0.2) is 0 Å². The highest BCUT2D eigenvalue weighted by molar-refractivity contribution is 6.30. The predicted molar refractivity (Wildman–Crippen MR) is 136 cm³/mol. The van der Waals surface area contributed by atoms with Gasteiger partial charge in [-0.2, -0.15) is 0 Å². The van der Waals surface area contributed by atoms with Crippen LogP contribution in [0.25, 0.3) is 0 Å². The lowest BCUT2D eigenvalue weighted by Gasteiger charge is -2.36. The van der Waals surface area contributed by atoms with Crippen LogP contribution in [-0.4, -0.2) is 61.5 Å². The molecule has 1 amide bonds. The minimum absolute atomic E-state index is 0.0875. The Morgan fingerprint density at radius 2 is 1.50 bits per heavy atom. The third-order valence-corrected chi connectivity index (χ3v) is 6.49. The fraction of sp³-hybridized carbons (Fsp3) is 0.286. The number of carbonyl (C=O) groups excluding carboxylic acids is 2. The smallest absolute Gasteiger partial charge is 0.337 e. The van der Waals surface area contributed by atoms with E-state index in [0.717, 1.165) is 11.1 Å². The Morgan fingerprint density at radius 1 is 0.889 bits per heavy atom. The Balaban J connectivity index is 1.37. The maximum Gasteiger partial charge on any atom is 0.337 e. The summed E-state index contributed by atoms with van der Waals surface area (Å²) >= 11 is 6.09. The Bertz CT molecular complexity index is 1160. The highest BCUT2D eigenvalue weighted by Gasteiger charge is 2.25. The van der Waals surface area contributed by atoms with E-state index < -0.39 is 0 Å². The number of amides is 1. The van der Waals surface area contributed by atoms with Gasteiger partial charge < -0.3 is 14.4 Å². The Morgan fingerprint density at radius 3 is 2.11 bits per heavy atom. The van der Waals surface area contributed by atoms with Crippen LogP contribution in [-0.2, 0) is 16.1 Å². The van der Waals surface area contributed by atoms with Crippen LogP contribution in [0.15, 0.2) is 72.8 Å². The van der Waals surface area contributed by atoms with Crippen molar-refractivity contribution in [1.29, 1.82) is 0 Å². The summed E-state index contributed by atoms with van der Waals surface area (Å²) in [7, 11) is 1.36. The first-order valence-electron chi connectivity index (χ1n) is 11.7. The first-order chi connectivity index (χ1) is 17.4. The highest BCUT2D eigenvalue weighted by atomic mass is 35.5. The van der Waals surface area contributed by atoms with Gasteiger partial charge in [0.05, 0.1) is 25.4 Å². The number of halogens is 2. The highest BCUT2D eigenvalue weighted by Crippen LogP contribution is 2.24. The monoisotopic (exact) mass is 510 g/mol. The SMILES string of the molecule is COC(=O)c1ccc(CO[C@H](CN2CCN(C(=O)c3ccc(F)cc3)CC2)c2ccc(Cl)cc2)cc1. The topological polar surface area (TPSA) is 59.1 Å². The number of ether oxygens (including phenoxy) is 2. The Kier molecular flexibility index (Phi) is 8.70. The van der Waals surface area contributed by atoms with Crippen molar-refractivity contribution in [3.8, 4) is 0 Å². The third kappa shape index (κ3) is 6.69. The maximum absolute atomic E-state index is 13.2. The van der Waals surface area contributed by atoms with Crippen molar-refractivity contribution in [2.24, 2.45) is 0 Å². The van der Waals surface area contributed by atoms with Gasteiger partial charge in [-0.25, -0.2) is 9.18 Å². The third-order valence-electron chi connectivity index (χ3n) is 6.24. The molecular weight excluding hydrogens is 483 g/mol. The summed E-state index contributed by atoms with van der Waals surface area (Å²) < 4.78 is 24.3. The molecule has 8 heteroatoms. The average Bonchev–Trinajstić information content (AvgIpc) is 2.92. The van der Waals surface area contributed by atoms with E-state index in [4.69, 9.17) is 21.1 Å². The van der Waals surface area contributed by atoms with Crippen molar-refractivity contribution >= 4 is 23.5 Å². The first-order valence-corrected chi connectivity index (χ1v) is 12.1. The zero-order chi connectivity index (χ0) is 25.5. The molecule has 3 aromatic rings. The van der Waals surface area contributed by atoms with E-state index in [1.165, 1.54) is 31.4 Å². The fourth-order valence-corrected chi connectivity index (χ4v) is 4.25. The van der Waals surface area contributed by atoms with E-state index in [1.54, 1.807) is 17.0 Å². The molecule has 1 heterocycles. The molecule has 0 radical (unpaired) electrons. The molecule has 0 aliphatic carbocycles. The zero-order valence-corrected chi connectivity index (χ0v) is 20.8. The van der Waals surface area contributed by atoms with E-state index in [0.29, 0.717) is 55.5 Å². The summed E-state index contributed by atoms with van der Waals surface area (Å²) in [4.78, 5) is 28.5. The second-order valence-corrected chi connectivity index (χ2v) is 9.08. The van der Waals surface area contributed by atoms with E-state index >= 15 is 0 Å². The number of benzene rings is 3. The molecule has 4 rings (SSSR count). The Labute approximate surface area is 215 Å². The van der Waals surface area contributed by atoms with Gasteiger partial charge in [0.1, 0.15) is 5.82 Å². The molecule has 0 unspecified atom stereocenters. The lowest BCUT2D eigenvalue weighted by Crippen LogP contribution is -2.49. The van der Waals surface area contributed by atoms with Gasteiger partial charge in [-0.3, -0.25) is 9.69 Å². The number of rotatable bonds is 8. The number of hydrogen-bond donors (Lipinski definition) is 0. The van der Waals surface area contributed by atoms with E-state index in [2.05, 4.69) is 4.90 Å². The van der Waals surface area contributed by atoms with Crippen molar-refractivity contribution in [2.75, 3.05) is 39.8 Å². The van der Waals surface area contributed by atoms with Crippen molar-refractivity contribution in [3.05, 3.63) is 106 Å². The molecule has 1 atom stereocenters. The lowest BCUT2D eigenvalue weighted by atomic mass is 10.1. The molecule has 0 saturated carbocycles. The van der Waals surface area contributed by atoms with Crippen molar-refractivity contribution < 1.29 is 23.5 Å². The van der Waals surface area contributed by atoms with E-state index in [-0.39, 0.29) is 23.8 Å². The maximum atomic E-state index is 13.2. The van der Waals surface area contributed by atoms with Gasteiger partial charge in [-0.05, 0) is 59.7 Å². The van der Waals surface area contributed by atoms with E-state index in [1.807, 2.05) is 36.4 Å². The molecule has 1 aliphatic heterocycles. The lowest BCUT2D eigenvalue weighted by molar-refractivity contribution is 0.00341. The summed E-state index contributed by atoms with van der Waals surface area (Å²) in [6, 6.07) is 20.4. The van der Waals surface area contributed by atoms with Gasteiger partial charge in [0, 0.05) is 43.3 Å². The molecule has 188 valence electrons. The molecule has 0 spiro atoms. The molecule has 6 nitrogen and oxygen atoms in total. The molecule has 1 saturated heterocycles. The summed E-state index contributed by atoms with van der Waals surface area (Å²) in [6.45, 7) is 3.59. The average molecular weight is 511 g/mol. The first kappa shape index (κ1) is 25.8. The van der Waals surface area contributed by atoms with Crippen molar-refractivity contribution in [1.82, 2.24) is 9.80 Å². The van der Waals surface area contributed by atoms with Crippen LogP contribution in [0.3, 0.4) is 0 Å². The molecule has 36 heavy (non-hydrogen) atoms. The minimum Gasteiger partial charge on any atom is -0.465 e. The molecule has 3 aromatic carbocycles. The van der Waals surface area contributed by atoms with Crippen LogP contribution in [0.4, 0.5) is 4.39 Å². The zero-order valence-electron chi connectivity index (χ0n) is 20.0. The van der Waals surface area contributed by atoms with Crippen LogP contribution in [0.5, 0.6) is 0 Å². The van der Waals surface area contributed by atoms with Crippen LogP contribution in [0.1, 0.15) is 37.9 Å². The van der Waals surface area contributed by atoms with Crippen molar-refractivity contribution in [2.45, 2.75) is 12.7 Å². The second kappa shape index (κ2) is 12.1. The normalized spacial score (nSPS) is 14.9. The second-order valence-electron chi connectivity index (χ2n) is 8.64. The summed E-state index contributed by atoms with van der Waals surface area (Å²) in [5, 5.41) is 0.656. The van der Waals surface area contributed by atoms with Crippen LogP contribution < -0.4 is 0 Å². The molecule has 1 fully saturated rings. The van der Waals surface area contributed by atoms with Gasteiger partial charge in [0.2, 0.25) is 0 Å². The number of piperazine rings is 1. The molecule has 0 bridgehead atoms. The number of esters is 1. The molecular formula is C28H28ClFN2O4. The number of carbonyl (C=O) groups is 2. The van der Waals surface area contributed by atoms with Crippen LogP contribution in [0, 0.1) is 5.82 Å². The number of hydrogen-bond acceptors (Lipinski definition) is 5. The fourth-order valence-electron chi connectivity index (χ4n) is 4.13. The number of methoxy groups -OCH3 is 1. The quantitative estimate of drug-likeness (QED) is 0.400. The van der Waals surface area contributed by atoms with Gasteiger partial charge in [-0.1, -0.05) is 35.9 Å². The van der Waals surface area contributed by atoms with Gasteiger partial charge in [0.25, 0.3) is 5.91 Å². The number of nitrogens with zero attached hydrogens (tertiary/aromatic N) is 2. The minimum atomic E-state index is -0.376. The van der Waals surface area contributed by atoms with Gasteiger partial charge >= 0.3 is 5.97 Å². The molecule has 1 aliphatic rings. The van der Waals surface area contributed by atoms with E-state index in [9.17, 15) is 14.0 Å². The summed E-state index contributed by atoms with van der Waals surface area (Å²) in [5.74, 6) is -0.821. The Hall–Kier alpha value is -3.26. The van der Waals surface area contributed by atoms with Crippen molar-refractivity contribution in [3.63, 3.8) is 0 Å². The van der Waals surface area contributed by atoms with Crippen LogP contribution >= 0.6 is 11.6 Å². The summed E-state index contributed by atoms with van der Waals surface area (Å²) in [6.07, 6.45) is -0.207. The van der Waals surface area contributed by atoms with Gasteiger partial charge in [-0.15, -0.1) is 0 Å². The molecule has 0 N–H and O–H groups in total. The largest absolute Gasteiger partial charge is 0.465 e.